The normalized spacial score (nSPS) is 13.9. The highest BCUT2D eigenvalue weighted by Gasteiger charge is 2.13. The van der Waals surface area contributed by atoms with Crippen LogP contribution in [0.25, 0.3) is 0 Å². The molecule has 3 heteroatoms. The molecule has 0 amide bonds. The maximum absolute atomic E-state index is 5.23. The van der Waals surface area contributed by atoms with E-state index in [4.69, 9.17) is 9.47 Å². The molecule has 0 saturated heterocycles. The Morgan fingerprint density at radius 2 is 2.55 bits per heavy atom. The van der Waals surface area contributed by atoms with Crippen LogP contribution in [0, 0.1) is 0 Å². The number of hydrogen-bond donors (Lipinski definition) is 0. The Bertz CT molecular complexity index is 273. The van der Waals surface area contributed by atoms with E-state index < -0.39 is 0 Å². The molecule has 1 aliphatic rings. The van der Waals surface area contributed by atoms with E-state index in [9.17, 15) is 0 Å². The molecule has 0 aliphatic carbocycles. The molecule has 1 aromatic heterocycles. The summed E-state index contributed by atoms with van der Waals surface area (Å²) in [6, 6.07) is 1.97. The fraction of sp³-hybridized carbons (Fsp3) is 0.375. The van der Waals surface area contributed by atoms with Crippen molar-refractivity contribution in [3.8, 4) is 11.6 Å². The van der Waals surface area contributed by atoms with Crippen LogP contribution < -0.4 is 9.47 Å². The van der Waals surface area contributed by atoms with Crippen molar-refractivity contribution in [1.29, 1.82) is 0 Å². The lowest BCUT2D eigenvalue weighted by atomic mass is 10.2. The minimum atomic E-state index is 0.746. The smallest absolute Gasteiger partial charge is 0.216 e. The summed E-state index contributed by atoms with van der Waals surface area (Å²) in [6.45, 7) is 0.746. The Hall–Kier alpha value is -1.25. The van der Waals surface area contributed by atoms with Gasteiger partial charge in [0.2, 0.25) is 5.88 Å². The molecule has 0 unspecified atom stereocenters. The van der Waals surface area contributed by atoms with Crippen molar-refractivity contribution in [3.05, 3.63) is 17.8 Å². The first-order valence-electron chi connectivity index (χ1n) is 3.56. The van der Waals surface area contributed by atoms with Gasteiger partial charge in [-0.2, -0.15) is 0 Å². The Morgan fingerprint density at radius 3 is 3.36 bits per heavy atom. The standard InChI is InChI=1S/C8H9NO2/c1-10-7-4-6-2-3-11-8(6)9-5-7/h4-5H,2-3H2,1H3. The maximum atomic E-state index is 5.23. The number of hydrogen-bond acceptors (Lipinski definition) is 3. The van der Waals surface area contributed by atoms with E-state index in [1.165, 1.54) is 0 Å². The summed E-state index contributed by atoms with van der Waals surface area (Å²) >= 11 is 0. The molecule has 0 radical (unpaired) electrons. The summed E-state index contributed by atoms with van der Waals surface area (Å²) in [6.07, 6.45) is 2.61. The van der Waals surface area contributed by atoms with Gasteiger partial charge < -0.3 is 9.47 Å². The fourth-order valence-electron chi connectivity index (χ4n) is 1.15. The minimum Gasteiger partial charge on any atom is -0.495 e. The maximum Gasteiger partial charge on any atom is 0.216 e. The molecule has 2 rings (SSSR count). The predicted octanol–water partition coefficient (Wildman–Crippen LogP) is 1.03. The minimum absolute atomic E-state index is 0.746. The quantitative estimate of drug-likeness (QED) is 0.600. The zero-order valence-corrected chi connectivity index (χ0v) is 6.33. The van der Waals surface area contributed by atoms with Crippen LogP contribution in [-0.4, -0.2) is 18.7 Å². The molecule has 1 aliphatic heterocycles. The van der Waals surface area contributed by atoms with Gasteiger partial charge in [-0.05, 0) is 6.07 Å². The zero-order valence-electron chi connectivity index (χ0n) is 6.33. The van der Waals surface area contributed by atoms with Gasteiger partial charge in [-0.3, -0.25) is 0 Å². The van der Waals surface area contributed by atoms with E-state index in [0.717, 1.165) is 30.2 Å². The van der Waals surface area contributed by atoms with Gasteiger partial charge in [0, 0.05) is 12.0 Å². The van der Waals surface area contributed by atoms with Gasteiger partial charge in [-0.1, -0.05) is 0 Å². The van der Waals surface area contributed by atoms with Gasteiger partial charge in [0.05, 0.1) is 19.9 Å². The molecule has 0 atom stereocenters. The topological polar surface area (TPSA) is 31.4 Å². The van der Waals surface area contributed by atoms with E-state index >= 15 is 0 Å². The molecule has 58 valence electrons. The van der Waals surface area contributed by atoms with Crippen molar-refractivity contribution in [2.24, 2.45) is 0 Å². The van der Waals surface area contributed by atoms with Crippen molar-refractivity contribution >= 4 is 0 Å². The average Bonchev–Trinajstić information content (AvgIpc) is 2.50. The van der Waals surface area contributed by atoms with E-state index in [2.05, 4.69) is 4.98 Å². The molecule has 0 saturated carbocycles. The largest absolute Gasteiger partial charge is 0.495 e. The van der Waals surface area contributed by atoms with Gasteiger partial charge >= 0.3 is 0 Å². The first-order chi connectivity index (χ1) is 5.40. The highest BCUT2D eigenvalue weighted by atomic mass is 16.5. The Labute approximate surface area is 65.0 Å². The van der Waals surface area contributed by atoms with Crippen molar-refractivity contribution in [1.82, 2.24) is 4.98 Å². The lowest BCUT2D eigenvalue weighted by Crippen LogP contribution is -1.88. The van der Waals surface area contributed by atoms with Crippen molar-refractivity contribution in [2.45, 2.75) is 6.42 Å². The van der Waals surface area contributed by atoms with Gasteiger partial charge in [-0.15, -0.1) is 0 Å². The summed E-state index contributed by atoms with van der Waals surface area (Å²) in [7, 11) is 1.64. The molecule has 0 fully saturated rings. The molecular weight excluding hydrogens is 142 g/mol. The van der Waals surface area contributed by atoms with Crippen molar-refractivity contribution in [2.75, 3.05) is 13.7 Å². The number of fused-ring (bicyclic) bond motifs is 1. The summed E-state index contributed by atoms with van der Waals surface area (Å²) < 4.78 is 10.3. The number of rotatable bonds is 1. The number of aromatic nitrogens is 1. The van der Waals surface area contributed by atoms with E-state index in [-0.39, 0.29) is 0 Å². The second kappa shape index (κ2) is 2.42. The highest BCUT2D eigenvalue weighted by molar-refractivity contribution is 5.35. The number of methoxy groups -OCH3 is 1. The van der Waals surface area contributed by atoms with Gasteiger partial charge in [-0.25, -0.2) is 4.98 Å². The van der Waals surface area contributed by atoms with Gasteiger partial charge in [0.15, 0.2) is 0 Å². The molecule has 0 spiro atoms. The van der Waals surface area contributed by atoms with Crippen molar-refractivity contribution < 1.29 is 9.47 Å². The number of pyridine rings is 1. The van der Waals surface area contributed by atoms with Crippen LogP contribution in [0.4, 0.5) is 0 Å². The molecule has 0 N–H and O–H groups in total. The third kappa shape index (κ3) is 1.02. The van der Waals surface area contributed by atoms with E-state index in [1.807, 2.05) is 6.07 Å². The van der Waals surface area contributed by atoms with Crippen LogP contribution >= 0.6 is 0 Å². The third-order valence-electron chi connectivity index (χ3n) is 1.75. The molecule has 2 heterocycles. The van der Waals surface area contributed by atoms with Gasteiger partial charge in [0.1, 0.15) is 5.75 Å². The highest BCUT2D eigenvalue weighted by Crippen LogP contribution is 2.25. The number of nitrogens with zero attached hydrogens (tertiary/aromatic N) is 1. The van der Waals surface area contributed by atoms with Crippen LogP contribution in [0.3, 0.4) is 0 Å². The van der Waals surface area contributed by atoms with Crippen LogP contribution in [0.5, 0.6) is 11.6 Å². The monoisotopic (exact) mass is 151 g/mol. The van der Waals surface area contributed by atoms with Gasteiger partial charge in [0.25, 0.3) is 0 Å². The molecule has 3 nitrogen and oxygen atoms in total. The zero-order chi connectivity index (χ0) is 7.68. The molecule has 11 heavy (non-hydrogen) atoms. The van der Waals surface area contributed by atoms with Crippen molar-refractivity contribution in [3.63, 3.8) is 0 Å². The Balaban J connectivity index is 2.41. The SMILES string of the molecule is COc1cnc2c(c1)CCO2. The summed E-state index contributed by atoms with van der Waals surface area (Å²) in [5.74, 6) is 1.56. The first kappa shape index (κ1) is 6.46. The average molecular weight is 151 g/mol. The predicted molar refractivity (Wildman–Crippen MR) is 40.0 cm³/mol. The van der Waals surface area contributed by atoms with Crippen LogP contribution in [0.2, 0.25) is 0 Å². The number of ether oxygens (including phenoxy) is 2. The first-order valence-corrected chi connectivity index (χ1v) is 3.56. The van der Waals surface area contributed by atoms with Crippen LogP contribution in [0.15, 0.2) is 12.3 Å². The molecule has 0 bridgehead atoms. The Morgan fingerprint density at radius 1 is 1.64 bits per heavy atom. The molecule has 1 aromatic rings. The van der Waals surface area contributed by atoms with Crippen LogP contribution in [-0.2, 0) is 6.42 Å². The molecular formula is C8H9NO2. The summed E-state index contributed by atoms with van der Waals surface area (Å²) in [4.78, 5) is 4.08. The molecule has 0 aromatic carbocycles. The lowest BCUT2D eigenvalue weighted by Gasteiger charge is -2.00. The third-order valence-corrected chi connectivity index (χ3v) is 1.75. The van der Waals surface area contributed by atoms with E-state index in [1.54, 1.807) is 13.3 Å². The Kier molecular flexibility index (Phi) is 1.42. The second-order valence-electron chi connectivity index (χ2n) is 2.44. The van der Waals surface area contributed by atoms with Crippen LogP contribution in [0.1, 0.15) is 5.56 Å². The lowest BCUT2D eigenvalue weighted by molar-refractivity contribution is 0.343. The summed E-state index contributed by atoms with van der Waals surface area (Å²) in [5, 5.41) is 0. The fourth-order valence-corrected chi connectivity index (χ4v) is 1.15. The van der Waals surface area contributed by atoms with E-state index in [0.29, 0.717) is 0 Å². The second-order valence-corrected chi connectivity index (χ2v) is 2.44. The summed E-state index contributed by atoms with van der Waals surface area (Å²) in [5.41, 5.74) is 1.14.